The first kappa shape index (κ1) is 12.6. The first-order valence-electron chi connectivity index (χ1n) is 7.26. The third-order valence-electron chi connectivity index (χ3n) is 4.39. The van der Waals surface area contributed by atoms with E-state index in [-0.39, 0.29) is 5.91 Å². The van der Waals surface area contributed by atoms with E-state index in [1.165, 1.54) is 40.1 Å². The Labute approximate surface area is 127 Å². The summed E-state index contributed by atoms with van der Waals surface area (Å²) in [4.78, 5) is 17.7. The van der Waals surface area contributed by atoms with Crippen LogP contribution in [0.25, 0.3) is 0 Å². The van der Waals surface area contributed by atoms with Crippen LogP contribution in [0.4, 0.5) is 0 Å². The number of nitrogens with zero attached hydrogens (tertiary/aromatic N) is 1. The Balaban J connectivity index is 1.61. The molecule has 2 nitrogen and oxygen atoms in total. The van der Waals surface area contributed by atoms with Gasteiger partial charge in [-0.1, -0.05) is 0 Å². The van der Waals surface area contributed by atoms with Gasteiger partial charge in [0, 0.05) is 28.2 Å². The lowest BCUT2D eigenvalue weighted by molar-refractivity contribution is 0.0735. The standard InChI is InChI=1S/C16H17NOS2/c18-16(13-10-20-15-4-2-1-3-12(13)15)17-7-5-14-11(9-17)6-8-19-14/h6,8,10H,1-5,7,9H2. The average molecular weight is 303 g/mol. The largest absolute Gasteiger partial charge is 0.334 e. The average Bonchev–Trinajstić information content (AvgIpc) is 3.12. The smallest absolute Gasteiger partial charge is 0.255 e. The van der Waals surface area contributed by atoms with Crippen LogP contribution in [0.5, 0.6) is 0 Å². The summed E-state index contributed by atoms with van der Waals surface area (Å²) < 4.78 is 0. The Kier molecular flexibility index (Phi) is 3.15. The van der Waals surface area contributed by atoms with Gasteiger partial charge >= 0.3 is 0 Å². The van der Waals surface area contributed by atoms with Crippen LogP contribution in [0.15, 0.2) is 16.8 Å². The normalized spacial score (nSPS) is 17.7. The second-order valence-electron chi connectivity index (χ2n) is 5.60. The predicted molar refractivity (Wildman–Crippen MR) is 83.7 cm³/mol. The Bertz CT molecular complexity index is 655. The number of carbonyl (C=O) groups is 1. The number of carbonyl (C=O) groups excluding carboxylic acids is 1. The minimum absolute atomic E-state index is 0.251. The molecule has 2 aliphatic rings. The van der Waals surface area contributed by atoms with Crippen molar-refractivity contribution in [3.63, 3.8) is 0 Å². The maximum atomic E-state index is 12.8. The predicted octanol–water partition coefficient (Wildman–Crippen LogP) is 3.89. The minimum Gasteiger partial charge on any atom is -0.334 e. The van der Waals surface area contributed by atoms with E-state index in [1.54, 1.807) is 11.3 Å². The zero-order valence-corrected chi connectivity index (χ0v) is 13.0. The SMILES string of the molecule is O=C(c1csc2c1CCCC2)N1CCc2sccc2C1. The van der Waals surface area contributed by atoms with Crippen LogP contribution in [0.2, 0.25) is 0 Å². The van der Waals surface area contributed by atoms with Crippen molar-refractivity contribution >= 4 is 28.6 Å². The van der Waals surface area contributed by atoms with Gasteiger partial charge in [-0.15, -0.1) is 22.7 Å². The van der Waals surface area contributed by atoms with Gasteiger partial charge in [0.05, 0.1) is 5.56 Å². The molecule has 0 bridgehead atoms. The monoisotopic (exact) mass is 303 g/mol. The summed E-state index contributed by atoms with van der Waals surface area (Å²) >= 11 is 3.61. The molecule has 4 heteroatoms. The molecule has 20 heavy (non-hydrogen) atoms. The molecule has 0 saturated carbocycles. The second kappa shape index (κ2) is 5.01. The number of rotatable bonds is 1. The number of hydrogen-bond donors (Lipinski definition) is 0. The maximum Gasteiger partial charge on any atom is 0.255 e. The fraction of sp³-hybridized carbons (Fsp3) is 0.438. The highest BCUT2D eigenvalue weighted by molar-refractivity contribution is 7.10. The number of fused-ring (bicyclic) bond motifs is 2. The molecule has 3 heterocycles. The molecule has 0 aromatic carbocycles. The minimum atomic E-state index is 0.251. The molecule has 1 amide bonds. The molecule has 1 aliphatic carbocycles. The van der Waals surface area contributed by atoms with Crippen molar-refractivity contribution in [2.24, 2.45) is 0 Å². The van der Waals surface area contributed by atoms with Crippen molar-refractivity contribution in [1.82, 2.24) is 4.90 Å². The molecule has 104 valence electrons. The molecule has 0 fully saturated rings. The third kappa shape index (κ3) is 2.02. The molecular formula is C16H17NOS2. The summed E-state index contributed by atoms with van der Waals surface area (Å²) in [6.07, 6.45) is 5.80. The lowest BCUT2D eigenvalue weighted by Crippen LogP contribution is -2.35. The summed E-state index contributed by atoms with van der Waals surface area (Å²) in [5.41, 5.74) is 3.68. The summed E-state index contributed by atoms with van der Waals surface area (Å²) in [5, 5.41) is 4.24. The van der Waals surface area contributed by atoms with Crippen LogP contribution in [0.1, 0.15) is 44.1 Å². The van der Waals surface area contributed by atoms with Crippen molar-refractivity contribution in [2.45, 2.75) is 38.6 Å². The van der Waals surface area contributed by atoms with Crippen LogP contribution in [0, 0.1) is 0 Å². The van der Waals surface area contributed by atoms with E-state index >= 15 is 0 Å². The van der Waals surface area contributed by atoms with E-state index in [1.807, 2.05) is 16.2 Å². The Morgan fingerprint density at radius 1 is 1.10 bits per heavy atom. The molecule has 0 atom stereocenters. The Morgan fingerprint density at radius 3 is 2.95 bits per heavy atom. The summed E-state index contributed by atoms with van der Waals surface area (Å²) in [5.74, 6) is 0.251. The lowest BCUT2D eigenvalue weighted by Gasteiger charge is -2.27. The van der Waals surface area contributed by atoms with Gasteiger partial charge < -0.3 is 4.90 Å². The van der Waals surface area contributed by atoms with Gasteiger partial charge in [-0.25, -0.2) is 0 Å². The van der Waals surface area contributed by atoms with Gasteiger partial charge in [0.1, 0.15) is 0 Å². The summed E-state index contributed by atoms with van der Waals surface area (Å²) in [6.45, 7) is 1.67. The number of hydrogen-bond acceptors (Lipinski definition) is 3. The third-order valence-corrected chi connectivity index (χ3v) is 6.50. The highest BCUT2D eigenvalue weighted by Crippen LogP contribution is 2.32. The van der Waals surface area contributed by atoms with Gasteiger partial charge in [-0.05, 0) is 54.7 Å². The molecule has 2 aromatic rings. The quantitative estimate of drug-likeness (QED) is 0.783. The molecule has 0 N–H and O–H groups in total. The molecule has 0 saturated heterocycles. The van der Waals surface area contributed by atoms with Gasteiger partial charge in [-0.2, -0.15) is 0 Å². The zero-order chi connectivity index (χ0) is 13.5. The van der Waals surface area contributed by atoms with Crippen molar-refractivity contribution in [1.29, 1.82) is 0 Å². The van der Waals surface area contributed by atoms with Crippen molar-refractivity contribution in [3.05, 3.63) is 43.3 Å². The first-order valence-corrected chi connectivity index (χ1v) is 9.02. The van der Waals surface area contributed by atoms with Crippen LogP contribution >= 0.6 is 22.7 Å². The number of amides is 1. The fourth-order valence-electron chi connectivity index (χ4n) is 3.27. The van der Waals surface area contributed by atoms with E-state index in [4.69, 9.17) is 0 Å². The number of thiophene rings is 2. The van der Waals surface area contributed by atoms with Gasteiger partial charge in [0.15, 0.2) is 0 Å². The highest BCUT2D eigenvalue weighted by Gasteiger charge is 2.26. The Hall–Kier alpha value is -1.13. The molecular weight excluding hydrogens is 286 g/mol. The highest BCUT2D eigenvalue weighted by atomic mass is 32.1. The summed E-state index contributed by atoms with van der Waals surface area (Å²) in [7, 11) is 0. The second-order valence-corrected chi connectivity index (χ2v) is 7.57. The van der Waals surface area contributed by atoms with Crippen molar-refractivity contribution in [3.8, 4) is 0 Å². The molecule has 0 unspecified atom stereocenters. The van der Waals surface area contributed by atoms with Gasteiger partial charge in [0.2, 0.25) is 0 Å². The van der Waals surface area contributed by atoms with E-state index in [9.17, 15) is 4.79 Å². The van der Waals surface area contributed by atoms with E-state index in [0.29, 0.717) is 0 Å². The van der Waals surface area contributed by atoms with E-state index in [0.717, 1.165) is 31.5 Å². The van der Waals surface area contributed by atoms with Crippen molar-refractivity contribution < 1.29 is 4.79 Å². The lowest BCUT2D eigenvalue weighted by atomic mass is 9.95. The van der Waals surface area contributed by atoms with Crippen molar-refractivity contribution in [2.75, 3.05) is 6.54 Å². The first-order chi connectivity index (χ1) is 9.83. The Morgan fingerprint density at radius 2 is 2.00 bits per heavy atom. The van der Waals surface area contributed by atoms with Crippen LogP contribution < -0.4 is 0 Å². The molecule has 0 spiro atoms. The van der Waals surface area contributed by atoms with E-state index in [2.05, 4.69) is 16.8 Å². The fourth-order valence-corrected chi connectivity index (χ4v) is 5.27. The van der Waals surface area contributed by atoms with Crippen LogP contribution in [-0.2, 0) is 25.8 Å². The molecule has 2 aromatic heterocycles. The molecule has 1 aliphatic heterocycles. The zero-order valence-electron chi connectivity index (χ0n) is 11.4. The molecule has 4 rings (SSSR count). The maximum absolute atomic E-state index is 12.8. The van der Waals surface area contributed by atoms with Gasteiger partial charge in [-0.3, -0.25) is 4.79 Å². The van der Waals surface area contributed by atoms with Gasteiger partial charge in [0.25, 0.3) is 5.91 Å². The topological polar surface area (TPSA) is 20.3 Å². The number of aryl methyl sites for hydroxylation is 1. The molecule has 0 radical (unpaired) electrons. The van der Waals surface area contributed by atoms with Crippen LogP contribution in [0.3, 0.4) is 0 Å². The summed E-state index contributed by atoms with van der Waals surface area (Å²) in [6, 6.07) is 2.17. The van der Waals surface area contributed by atoms with Crippen LogP contribution in [-0.4, -0.2) is 17.4 Å². The van der Waals surface area contributed by atoms with E-state index < -0.39 is 0 Å².